The zero-order valence-electron chi connectivity index (χ0n) is 19.5. The highest BCUT2D eigenvalue weighted by molar-refractivity contribution is 7.80. The summed E-state index contributed by atoms with van der Waals surface area (Å²) in [5.74, 6) is 0.974. The van der Waals surface area contributed by atoms with Gasteiger partial charge in [-0.2, -0.15) is 0 Å². The van der Waals surface area contributed by atoms with Crippen molar-refractivity contribution in [2.24, 2.45) is 0 Å². The topological polar surface area (TPSA) is 101 Å². The predicted molar refractivity (Wildman–Crippen MR) is 148 cm³/mol. The minimum atomic E-state index is -0.438. The minimum absolute atomic E-state index is 0.000666. The van der Waals surface area contributed by atoms with Crippen LogP contribution in [-0.4, -0.2) is 21.1 Å². The van der Waals surface area contributed by atoms with Gasteiger partial charge in [-0.05, 0) is 79.3 Å². The lowest BCUT2D eigenvalue weighted by atomic mass is 10.1. The standard InChI is InChI=1S/C28H20ClN3O4S/c1-16-6-7-17(14-21(16)29)24-12-9-19(35-24)10-13-26(34)32-28(37)30-18-8-11-23(33)20(15-18)27-31-22-4-2-3-5-25(22)36-27/h2-15,33H,1H3,(H2,30,32,34,37)/b13-10+. The number of para-hydroxylation sites is 2. The van der Waals surface area contributed by atoms with E-state index in [0.29, 0.717) is 38.9 Å². The van der Waals surface area contributed by atoms with Crippen molar-refractivity contribution in [2.45, 2.75) is 6.92 Å². The van der Waals surface area contributed by atoms with Gasteiger partial charge in [-0.1, -0.05) is 35.9 Å². The molecule has 0 fully saturated rings. The first-order valence-corrected chi connectivity index (χ1v) is 12.0. The fourth-order valence-corrected chi connectivity index (χ4v) is 3.99. The van der Waals surface area contributed by atoms with Gasteiger partial charge in [-0.25, -0.2) is 4.98 Å². The largest absolute Gasteiger partial charge is 0.507 e. The number of rotatable bonds is 5. The molecule has 7 nitrogen and oxygen atoms in total. The summed E-state index contributed by atoms with van der Waals surface area (Å²) in [4.78, 5) is 16.8. The molecule has 1 amide bonds. The van der Waals surface area contributed by atoms with Crippen molar-refractivity contribution in [3.63, 3.8) is 0 Å². The van der Waals surface area contributed by atoms with Gasteiger partial charge in [0.15, 0.2) is 10.7 Å². The van der Waals surface area contributed by atoms with Crippen LogP contribution in [0.3, 0.4) is 0 Å². The number of phenols is 1. The normalized spacial score (nSPS) is 11.2. The molecule has 0 aliphatic carbocycles. The van der Waals surface area contributed by atoms with E-state index in [9.17, 15) is 9.90 Å². The molecule has 3 N–H and O–H groups in total. The lowest BCUT2D eigenvalue weighted by Gasteiger charge is -2.09. The number of hydrogen-bond donors (Lipinski definition) is 3. The van der Waals surface area contributed by atoms with Crippen LogP contribution in [0.4, 0.5) is 5.69 Å². The van der Waals surface area contributed by atoms with Gasteiger partial charge in [0.05, 0.1) is 5.56 Å². The Labute approximate surface area is 222 Å². The number of thiocarbonyl (C=S) groups is 1. The SMILES string of the molecule is Cc1ccc(-c2ccc(/C=C/C(=O)NC(=S)Nc3ccc(O)c(-c4nc5ccccc5o4)c3)o2)cc1Cl. The van der Waals surface area contributed by atoms with Crippen LogP contribution in [0.5, 0.6) is 5.75 Å². The average molecular weight is 530 g/mol. The zero-order chi connectivity index (χ0) is 25.9. The van der Waals surface area contributed by atoms with Crippen LogP contribution in [-0.2, 0) is 4.79 Å². The van der Waals surface area contributed by atoms with Crippen LogP contribution in [0.25, 0.3) is 40.0 Å². The number of oxazole rings is 1. The highest BCUT2D eigenvalue weighted by atomic mass is 35.5. The van der Waals surface area contributed by atoms with E-state index in [1.165, 1.54) is 12.1 Å². The average Bonchev–Trinajstić information content (AvgIpc) is 3.53. The molecule has 0 aliphatic heterocycles. The molecule has 0 atom stereocenters. The highest BCUT2D eigenvalue weighted by Crippen LogP contribution is 2.33. The van der Waals surface area contributed by atoms with E-state index in [2.05, 4.69) is 15.6 Å². The molecule has 0 saturated carbocycles. The Hall–Kier alpha value is -4.40. The van der Waals surface area contributed by atoms with Crippen molar-refractivity contribution in [3.05, 3.63) is 95.2 Å². The Kier molecular flexibility index (Phi) is 6.76. The molecule has 5 aromatic rings. The summed E-state index contributed by atoms with van der Waals surface area (Å²) in [7, 11) is 0. The Balaban J connectivity index is 1.22. The number of aryl methyl sites for hydroxylation is 1. The minimum Gasteiger partial charge on any atom is -0.507 e. The molecule has 3 aromatic carbocycles. The molecule has 37 heavy (non-hydrogen) atoms. The van der Waals surface area contributed by atoms with Crippen LogP contribution < -0.4 is 10.6 Å². The number of phenolic OH excluding ortho intramolecular Hbond substituents is 1. The summed E-state index contributed by atoms with van der Waals surface area (Å²) in [6, 6.07) is 21.3. The van der Waals surface area contributed by atoms with Gasteiger partial charge in [0.2, 0.25) is 11.8 Å². The van der Waals surface area contributed by atoms with E-state index in [-0.39, 0.29) is 16.8 Å². The number of halogens is 1. The number of nitrogens with zero attached hydrogens (tertiary/aromatic N) is 1. The van der Waals surface area contributed by atoms with Crippen LogP contribution in [0, 0.1) is 6.92 Å². The van der Waals surface area contributed by atoms with Crippen LogP contribution in [0.15, 0.2) is 87.7 Å². The summed E-state index contributed by atoms with van der Waals surface area (Å²) in [6.07, 6.45) is 2.86. The first-order valence-electron chi connectivity index (χ1n) is 11.2. The Morgan fingerprint density at radius 2 is 1.89 bits per heavy atom. The smallest absolute Gasteiger partial charge is 0.250 e. The van der Waals surface area contributed by atoms with Crippen molar-refractivity contribution in [1.29, 1.82) is 0 Å². The maximum Gasteiger partial charge on any atom is 0.250 e. The van der Waals surface area contributed by atoms with Crippen molar-refractivity contribution in [3.8, 4) is 28.5 Å². The number of anilines is 1. The number of furan rings is 1. The number of carbonyl (C=O) groups excluding carboxylic acids is 1. The summed E-state index contributed by atoms with van der Waals surface area (Å²) in [5.41, 5.74) is 4.03. The number of hydrogen-bond acceptors (Lipinski definition) is 6. The lowest BCUT2D eigenvalue weighted by Crippen LogP contribution is -2.32. The van der Waals surface area contributed by atoms with Gasteiger partial charge in [0, 0.05) is 22.3 Å². The van der Waals surface area contributed by atoms with Crippen molar-refractivity contribution >= 4 is 57.7 Å². The molecule has 0 aliphatic rings. The second-order valence-corrected chi connectivity index (χ2v) is 8.98. The van der Waals surface area contributed by atoms with Crippen molar-refractivity contribution in [2.75, 3.05) is 5.32 Å². The maximum atomic E-state index is 12.4. The summed E-state index contributed by atoms with van der Waals surface area (Å²) < 4.78 is 11.5. The fraction of sp³-hybridized carbons (Fsp3) is 0.0357. The zero-order valence-corrected chi connectivity index (χ0v) is 21.1. The Bertz CT molecular complexity index is 1640. The second kappa shape index (κ2) is 10.3. The molecular weight excluding hydrogens is 510 g/mol. The lowest BCUT2D eigenvalue weighted by molar-refractivity contribution is -0.115. The number of carbonyl (C=O) groups is 1. The van der Waals surface area contributed by atoms with Gasteiger partial charge in [-0.3, -0.25) is 10.1 Å². The molecular formula is C28H20ClN3O4S. The van der Waals surface area contributed by atoms with E-state index < -0.39 is 5.91 Å². The maximum absolute atomic E-state index is 12.4. The first-order chi connectivity index (χ1) is 17.9. The number of aromatic hydroxyl groups is 1. The number of nitrogens with one attached hydrogen (secondary N) is 2. The van der Waals surface area contributed by atoms with E-state index in [0.717, 1.165) is 11.1 Å². The second-order valence-electron chi connectivity index (χ2n) is 8.16. The molecule has 184 valence electrons. The van der Waals surface area contributed by atoms with E-state index in [1.54, 1.807) is 30.3 Å². The molecule has 0 spiro atoms. The molecule has 0 saturated heterocycles. The van der Waals surface area contributed by atoms with Gasteiger partial charge in [-0.15, -0.1) is 0 Å². The van der Waals surface area contributed by atoms with E-state index in [1.807, 2.05) is 49.4 Å². The van der Waals surface area contributed by atoms with Crippen LogP contribution in [0.2, 0.25) is 5.02 Å². The van der Waals surface area contributed by atoms with Crippen LogP contribution in [0.1, 0.15) is 11.3 Å². The summed E-state index contributed by atoms with van der Waals surface area (Å²) in [5, 5.41) is 16.6. The van der Waals surface area contributed by atoms with E-state index >= 15 is 0 Å². The van der Waals surface area contributed by atoms with Crippen molar-refractivity contribution < 1.29 is 18.7 Å². The van der Waals surface area contributed by atoms with Gasteiger partial charge >= 0.3 is 0 Å². The fourth-order valence-electron chi connectivity index (χ4n) is 3.59. The van der Waals surface area contributed by atoms with Gasteiger partial charge < -0.3 is 19.3 Å². The van der Waals surface area contributed by atoms with Gasteiger partial charge in [0.1, 0.15) is 22.8 Å². The predicted octanol–water partition coefficient (Wildman–Crippen LogP) is 6.95. The third kappa shape index (κ3) is 5.55. The molecule has 0 unspecified atom stereocenters. The molecule has 5 rings (SSSR count). The number of benzene rings is 3. The summed E-state index contributed by atoms with van der Waals surface area (Å²) >= 11 is 11.5. The van der Waals surface area contributed by atoms with Crippen molar-refractivity contribution in [1.82, 2.24) is 10.3 Å². The quantitative estimate of drug-likeness (QED) is 0.129. The Morgan fingerprint density at radius 3 is 2.70 bits per heavy atom. The molecule has 9 heteroatoms. The molecule has 0 radical (unpaired) electrons. The third-order valence-electron chi connectivity index (χ3n) is 5.50. The number of aromatic nitrogens is 1. The number of amides is 1. The van der Waals surface area contributed by atoms with Crippen LogP contribution >= 0.6 is 23.8 Å². The molecule has 2 aromatic heterocycles. The first kappa shape index (κ1) is 24.3. The third-order valence-corrected chi connectivity index (χ3v) is 6.11. The van der Waals surface area contributed by atoms with Gasteiger partial charge in [0.25, 0.3) is 0 Å². The summed E-state index contributed by atoms with van der Waals surface area (Å²) in [6.45, 7) is 1.93. The Morgan fingerprint density at radius 1 is 1.05 bits per heavy atom. The molecule has 2 heterocycles. The van der Waals surface area contributed by atoms with E-state index in [4.69, 9.17) is 32.7 Å². The number of fused-ring (bicyclic) bond motifs is 1. The highest BCUT2D eigenvalue weighted by Gasteiger charge is 2.14. The molecule has 0 bridgehead atoms. The monoisotopic (exact) mass is 529 g/mol.